The number of urea groups is 1. The second-order valence-corrected chi connectivity index (χ2v) is 5.04. The first-order valence-corrected chi connectivity index (χ1v) is 6.61. The van der Waals surface area contributed by atoms with Crippen molar-refractivity contribution in [2.75, 3.05) is 5.32 Å². The number of halogens is 4. The average Bonchev–Trinajstić information content (AvgIpc) is 2.33. The van der Waals surface area contributed by atoms with Gasteiger partial charge in [0, 0.05) is 10.2 Å². The summed E-state index contributed by atoms with van der Waals surface area (Å²) in [6, 6.07) is 0.896. The molecule has 1 rings (SSSR count). The van der Waals surface area contributed by atoms with Crippen molar-refractivity contribution < 1.29 is 27.9 Å². The van der Waals surface area contributed by atoms with E-state index in [9.17, 15) is 22.8 Å². The number of anilines is 1. The van der Waals surface area contributed by atoms with E-state index in [-0.39, 0.29) is 16.6 Å². The first-order chi connectivity index (χ1) is 9.63. The fraction of sp³-hybridized carbons (Fsp3) is 0.333. The van der Waals surface area contributed by atoms with Gasteiger partial charge in [-0.15, -0.1) is 0 Å². The number of carbonyl (C=O) groups excluding carboxylic acids is 1. The van der Waals surface area contributed by atoms with Gasteiger partial charge in [-0.25, -0.2) is 9.59 Å². The molecule has 0 aliphatic carbocycles. The van der Waals surface area contributed by atoms with Crippen LogP contribution in [0.3, 0.4) is 0 Å². The largest absolute Gasteiger partial charge is 0.480 e. The van der Waals surface area contributed by atoms with Gasteiger partial charge >= 0.3 is 18.2 Å². The number of rotatable bonds is 4. The van der Waals surface area contributed by atoms with Crippen LogP contribution in [0.1, 0.15) is 18.9 Å². The number of alkyl halides is 3. The Balaban J connectivity index is 2.86. The molecule has 0 radical (unpaired) electrons. The Labute approximate surface area is 126 Å². The van der Waals surface area contributed by atoms with Crippen molar-refractivity contribution in [1.82, 2.24) is 5.32 Å². The maximum absolute atomic E-state index is 12.6. The molecular formula is C12H12BrF3N2O3. The molecule has 1 atom stereocenters. The van der Waals surface area contributed by atoms with Gasteiger partial charge in [0.2, 0.25) is 0 Å². The number of carboxylic acids is 1. The molecule has 0 spiro atoms. The van der Waals surface area contributed by atoms with E-state index in [2.05, 4.69) is 26.6 Å². The standard InChI is InChI=1S/C12H12BrF3N2O3/c1-2-9(10(19)20)18-11(21)17-8-4-6(12(14,15)16)3-7(13)5-8/h3-5,9H,2H2,1H3,(H,19,20)(H2,17,18,21)/t9-/m0/s1. The summed E-state index contributed by atoms with van der Waals surface area (Å²) in [6.45, 7) is 1.56. The van der Waals surface area contributed by atoms with Crippen LogP contribution in [0.2, 0.25) is 0 Å². The van der Waals surface area contributed by atoms with Crippen molar-refractivity contribution >= 4 is 33.6 Å². The minimum absolute atomic E-state index is 0.102. The zero-order valence-corrected chi connectivity index (χ0v) is 12.4. The van der Waals surface area contributed by atoms with Gasteiger partial charge in [-0.1, -0.05) is 22.9 Å². The van der Waals surface area contributed by atoms with Gasteiger partial charge in [0.25, 0.3) is 0 Å². The van der Waals surface area contributed by atoms with E-state index in [1.165, 1.54) is 6.07 Å². The van der Waals surface area contributed by atoms with Crippen molar-refractivity contribution in [2.45, 2.75) is 25.6 Å². The highest BCUT2D eigenvalue weighted by Crippen LogP contribution is 2.33. The van der Waals surface area contributed by atoms with Crippen molar-refractivity contribution in [3.8, 4) is 0 Å². The highest BCUT2D eigenvalue weighted by atomic mass is 79.9. The van der Waals surface area contributed by atoms with Crippen LogP contribution in [0.25, 0.3) is 0 Å². The van der Waals surface area contributed by atoms with E-state index in [1.807, 2.05) is 0 Å². The van der Waals surface area contributed by atoms with Gasteiger partial charge in [-0.2, -0.15) is 13.2 Å². The Morgan fingerprint density at radius 3 is 2.43 bits per heavy atom. The quantitative estimate of drug-likeness (QED) is 0.761. The lowest BCUT2D eigenvalue weighted by Crippen LogP contribution is -2.42. The topological polar surface area (TPSA) is 78.4 Å². The molecule has 9 heteroatoms. The van der Waals surface area contributed by atoms with Crippen LogP contribution in [0.5, 0.6) is 0 Å². The Bertz CT molecular complexity index is 549. The first kappa shape index (κ1) is 17.3. The van der Waals surface area contributed by atoms with Gasteiger partial charge in [0.15, 0.2) is 0 Å². The summed E-state index contributed by atoms with van der Waals surface area (Å²) in [6.07, 6.45) is -4.40. The summed E-state index contributed by atoms with van der Waals surface area (Å²) in [4.78, 5) is 22.3. The van der Waals surface area contributed by atoms with Crippen molar-refractivity contribution in [3.05, 3.63) is 28.2 Å². The number of nitrogens with one attached hydrogen (secondary N) is 2. The Morgan fingerprint density at radius 1 is 1.33 bits per heavy atom. The molecule has 0 fully saturated rings. The minimum Gasteiger partial charge on any atom is -0.480 e. The lowest BCUT2D eigenvalue weighted by molar-refractivity contribution is -0.139. The number of carboxylic acid groups (broad SMARTS) is 1. The highest BCUT2D eigenvalue weighted by Gasteiger charge is 2.31. The summed E-state index contributed by atoms with van der Waals surface area (Å²) in [5.74, 6) is -1.22. The molecule has 1 aromatic rings. The highest BCUT2D eigenvalue weighted by molar-refractivity contribution is 9.10. The van der Waals surface area contributed by atoms with Gasteiger partial charge in [-0.3, -0.25) is 0 Å². The molecule has 0 aliphatic heterocycles. The maximum atomic E-state index is 12.6. The lowest BCUT2D eigenvalue weighted by atomic mass is 10.2. The predicted molar refractivity (Wildman–Crippen MR) is 73.0 cm³/mol. The van der Waals surface area contributed by atoms with Gasteiger partial charge < -0.3 is 15.7 Å². The normalized spacial score (nSPS) is 12.6. The third-order valence-corrected chi connectivity index (χ3v) is 2.95. The number of hydrogen-bond acceptors (Lipinski definition) is 2. The molecule has 0 bridgehead atoms. The minimum atomic E-state index is -4.55. The first-order valence-electron chi connectivity index (χ1n) is 5.81. The molecule has 21 heavy (non-hydrogen) atoms. The number of benzene rings is 1. The fourth-order valence-corrected chi connectivity index (χ4v) is 1.98. The molecule has 0 heterocycles. The van der Waals surface area contributed by atoms with Gasteiger partial charge in [0.1, 0.15) is 6.04 Å². The average molecular weight is 369 g/mol. The molecule has 0 saturated carbocycles. The summed E-state index contributed by atoms with van der Waals surface area (Å²) in [5.41, 5.74) is -1.04. The van der Waals surface area contributed by atoms with Crippen LogP contribution in [0, 0.1) is 0 Å². The van der Waals surface area contributed by atoms with E-state index in [1.54, 1.807) is 6.92 Å². The van der Waals surface area contributed by atoms with Crippen LogP contribution < -0.4 is 10.6 Å². The van der Waals surface area contributed by atoms with Crippen LogP contribution in [-0.4, -0.2) is 23.1 Å². The molecular weight excluding hydrogens is 357 g/mol. The molecule has 2 amide bonds. The second-order valence-electron chi connectivity index (χ2n) is 4.12. The molecule has 1 aromatic carbocycles. The van der Waals surface area contributed by atoms with Crippen molar-refractivity contribution in [2.24, 2.45) is 0 Å². The number of amides is 2. The monoisotopic (exact) mass is 368 g/mol. The van der Waals surface area contributed by atoms with E-state index >= 15 is 0 Å². The lowest BCUT2D eigenvalue weighted by Gasteiger charge is -2.14. The summed E-state index contributed by atoms with van der Waals surface area (Å²) in [7, 11) is 0. The van der Waals surface area contributed by atoms with Crippen molar-refractivity contribution in [1.29, 1.82) is 0 Å². The molecule has 5 nitrogen and oxygen atoms in total. The number of hydrogen-bond donors (Lipinski definition) is 3. The fourth-order valence-electron chi connectivity index (χ4n) is 1.49. The SMILES string of the molecule is CC[C@H](NC(=O)Nc1cc(Br)cc(C(F)(F)F)c1)C(=O)O. The zero-order valence-electron chi connectivity index (χ0n) is 10.8. The zero-order chi connectivity index (χ0) is 16.2. The third-order valence-electron chi connectivity index (χ3n) is 2.49. The smallest absolute Gasteiger partial charge is 0.416 e. The van der Waals surface area contributed by atoms with E-state index in [4.69, 9.17) is 5.11 Å². The van der Waals surface area contributed by atoms with Crippen LogP contribution in [0.4, 0.5) is 23.7 Å². The summed E-state index contributed by atoms with van der Waals surface area (Å²) < 4.78 is 38.0. The molecule has 116 valence electrons. The summed E-state index contributed by atoms with van der Waals surface area (Å²) in [5, 5.41) is 13.1. The number of carbonyl (C=O) groups is 2. The molecule has 0 aromatic heterocycles. The third kappa shape index (κ3) is 5.25. The maximum Gasteiger partial charge on any atom is 0.416 e. The molecule has 0 saturated heterocycles. The van der Waals surface area contributed by atoms with E-state index in [0.29, 0.717) is 0 Å². The van der Waals surface area contributed by atoms with Crippen molar-refractivity contribution in [3.63, 3.8) is 0 Å². The molecule has 0 aliphatic rings. The Morgan fingerprint density at radius 2 is 1.95 bits per heavy atom. The van der Waals surface area contributed by atoms with E-state index < -0.39 is 29.8 Å². The predicted octanol–water partition coefficient (Wildman–Crippen LogP) is 3.45. The van der Waals surface area contributed by atoms with Crippen LogP contribution in [0.15, 0.2) is 22.7 Å². The molecule has 0 unspecified atom stereocenters. The molecule has 3 N–H and O–H groups in total. The van der Waals surface area contributed by atoms with E-state index in [0.717, 1.165) is 12.1 Å². The Hall–Kier alpha value is -1.77. The second kappa shape index (κ2) is 6.79. The van der Waals surface area contributed by atoms with Crippen LogP contribution >= 0.6 is 15.9 Å². The van der Waals surface area contributed by atoms with Gasteiger partial charge in [-0.05, 0) is 24.6 Å². The van der Waals surface area contributed by atoms with Crippen LogP contribution in [-0.2, 0) is 11.0 Å². The van der Waals surface area contributed by atoms with Gasteiger partial charge in [0.05, 0.1) is 5.56 Å². The number of aliphatic carboxylic acids is 1. The Kier molecular flexibility index (Phi) is 5.59. The summed E-state index contributed by atoms with van der Waals surface area (Å²) >= 11 is 2.92.